The monoisotopic (exact) mass is 323 g/mol. The summed E-state index contributed by atoms with van der Waals surface area (Å²) in [7, 11) is 0. The number of amides is 2. The molecule has 0 saturated carbocycles. The second kappa shape index (κ2) is 5.57. The number of aromatic hydroxyl groups is 2. The minimum absolute atomic E-state index is 0.143. The molecule has 6 nitrogen and oxygen atoms in total. The Morgan fingerprint density at radius 3 is 2.42 bits per heavy atom. The molecule has 7 heteroatoms. The van der Waals surface area contributed by atoms with E-state index in [1.807, 2.05) is 0 Å². The third-order valence-electron chi connectivity index (χ3n) is 2.12. The highest BCUT2D eigenvalue weighted by atomic mass is 79.9. The van der Waals surface area contributed by atoms with Gasteiger partial charge < -0.3 is 15.5 Å². The zero-order valence-corrected chi connectivity index (χ0v) is 11.2. The van der Waals surface area contributed by atoms with Crippen LogP contribution in [0.1, 0.15) is 0 Å². The first kappa shape index (κ1) is 13.2. The van der Waals surface area contributed by atoms with Crippen LogP contribution in [-0.4, -0.2) is 21.2 Å². The van der Waals surface area contributed by atoms with E-state index >= 15 is 0 Å². The van der Waals surface area contributed by atoms with Crippen molar-refractivity contribution in [1.29, 1.82) is 0 Å². The predicted molar refractivity (Wildman–Crippen MR) is 74.4 cm³/mol. The van der Waals surface area contributed by atoms with Gasteiger partial charge in [-0.3, -0.25) is 5.32 Å². The Hall–Kier alpha value is -2.28. The zero-order valence-electron chi connectivity index (χ0n) is 9.59. The van der Waals surface area contributed by atoms with Crippen LogP contribution in [0, 0.1) is 0 Å². The molecule has 19 heavy (non-hydrogen) atoms. The topological polar surface area (TPSA) is 94.5 Å². The van der Waals surface area contributed by atoms with Crippen LogP contribution in [0.15, 0.2) is 41.0 Å². The molecule has 0 aliphatic heterocycles. The summed E-state index contributed by atoms with van der Waals surface area (Å²) >= 11 is 3.26. The van der Waals surface area contributed by atoms with Gasteiger partial charge in [0.05, 0.1) is 0 Å². The molecule has 0 atom stereocenters. The molecule has 0 unspecified atom stereocenters. The van der Waals surface area contributed by atoms with Gasteiger partial charge >= 0.3 is 6.03 Å². The minimum atomic E-state index is -0.532. The van der Waals surface area contributed by atoms with Crippen LogP contribution >= 0.6 is 15.9 Å². The predicted octanol–water partition coefficient (Wildman–Crippen LogP) is 2.90. The second-order valence-corrected chi connectivity index (χ2v) is 4.59. The third-order valence-corrected chi connectivity index (χ3v) is 2.62. The van der Waals surface area contributed by atoms with Crippen LogP contribution in [0.5, 0.6) is 11.5 Å². The van der Waals surface area contributed by atoms with E-state index in [0.29, 0.717) is 5.82 Å². The number of nitrogens with zero attached hydrogens (tertiary/aromatic N) is 1. The Morgan fingerprint density at radius 1 is 1.11 bits per heavy atom. The third kappa shape index (κ3) is 3.85. The summed E-state index contributed by atoms with van der Waals surface area (Å²) in [6.45, 7) is 0. The molecule has 4 N–H and O–H groups in total. The van der Waals surface area contributed by atoms with Crippen LogP contribution in [0.2, 0.25) is 0 Å². The largest absolute Gasteiger partial charge is 0.508 e. The number of hydrogen-bond donors (Lipinski definition) is 4. The standard InChI is InChI=1S/C12H10BrN3O3/c13-7-1-2-14-11(3-7)16-12(19)15-8-4-9(17)6-10(18)5-8/h1-6,17-18H,(H2,14,15,16,19). The summed E-state index contributed by atoms with van der Waals surface area (Å²) < 4.78 is 0.785. The molecule has 2 amide bonds. The van der Waals surface area contributed by atoms with Crippen molar-refractivity contribution < 1.29 is 15.0 Å². The van der Waals surface area contributed by atoms with Crippen molar-refractivity contribution in [3.05, 3.63) is 41.0 Å². The van der Waals surface area contributed by atoms with Gasteiger partial charge in [-0.25, -0.2) is 9.78 Å². The smallest absolute Gasteiger partial charge is 0.324 e. The van der Waals surface area contributed by atoms with Crippen molar-refractivity contribution in [2.24, 2.45) is 0 Å². The molecule has 1 aromatic carbocycles. The van der Waals surface area contributed by atoms with Gasteiger partial charge in [-0.2, -0.15) is 0 Å². The van der Waals surface area contributed by atoms with Gasteiger partial charge in [-0.05, 0) is 12.1 Å². The molecule has 0 saturated heterocycles. The van der Waals surface area contributed by atoms with Gasteiger partial charge in [0.2, 0.25) is 0 Å². The van der Waals surface area contributed by atoms with E-state index in [2.05, 4.69) is 31.5 Å². The molecular weight excluding hydrogens is 314 g/mol. The number of rotatable bonds is 2. The highest BCUT2D eigenvalue weighted by molar-refractivity contribution is 9.10. The van der Waals surface area contributed by atoms with Crippen LogP contribution in [0.4, 0.5) is 16.3 Å². The molecule has 0 aliphatic rings. The average molecular weight is 324 g/mol. The van der Waals surface area contributed by atoms with E-state index in [1.165, 1.54) is 18.2 Å². The number of halogens is 1. The highest BCUT2D eigenvalue weighted by Gasteiger charge is 2.05. The zero-order chi connectivity index (χ0) is 13.8. The van der Waals surface area contributed by atoms with Gasteiger partial charge in [0, 0.05) is 34.6 Å². The lowest BCUT2D eigenvalue weighted by Crippen LogP contribution is -2.19. The number of phenolic OH excluding ortho intramolecular Hbond substituents is 2. The first-order valence-corrected chi connectivity index (χ1v) is 6.05. The van der Waals surface area contributed by atoms with E-state index in [4.69, 9.17) is 0 Å². The molecule has 1 heterocycles. The molecule has 0 bridgehead atoms. The van der Waals surface area contributed by atoms with Gasteiger partial charge in [0.15, 0.2) is 0 Å². The van der Waals surface area contributed by atoms with E-state index < -0.39 is 6.03 Å². The number of hydrogen-bond acceptors (Lipinski definition) is 4. The molecule has 1 aromatic heterocycles. The summed E-state index contributed by atoms with van der Waals surface area (Å²) in [5, 5.41) is 23.5. The maximum Gasteiger partial charge on any atom is 0.324 e. The summed E-state index contributed by atoms with van der Waals surface area (Å²) in [6.07, 6.45) is 1.54. The molecular formula is C12H10BrN3O3. The molecule has 98 valence electrons. The number of nitrogens with one attached hydrogen (secondary N) is 2. The maximum atomic E-state index is 11.7. The SMILES string of the molecule is O=C(Nc1cc(O)cc(O)c1)Nc1cc(Br)ccn1. The summed E-state index contributed by atoms with van der Waals surface area (Å²) in [6, 6.07) is 6.63. The Labute approximate surface area is 117 Å². The lowest BCUT2D eigenvalue weighted by atomic mass is 10.3. The van der Waals surface area contributed by atoms with Crippen LogP contribution < -0.4 is 10.6 Å². The Bertz CT molecular complexity index is 599. The molecule has 0 fully saturated rings. The number of benzene rings is 1. The number of aromatic nitrogens is 1. The lowest BCUT2D eigenvalue weighted by Gasteiger charge is -2.08. The van der Waals surface area contributed by atoms with Gasteiger partial charge in [-0.15, -0.1) is 0 Å². The number of phenols is 2. The van der Waals surface area contributed by atoms with E-state index in [-0.39, 0.29) is 17.2 Å². The number of anilines is 2. The molecule has 2 aromatic rings. The van der Waals surface area contributed by atoms with Crippen molar-refractivity contribution in [2.75, 3.05) is 10.6 Å². The fourth-order valence-electron chi connectivity index (χ4n) is 1.42. The maximum absolute atomic E-state index is 11.7. The number of pyridine rings is 1. The van der Waals surface area contributed by atoms with Crippen LogP contribution in [0.3, 0.4) is 0 Å². The van der Waals surface area contributed by atoms with E-state index in [9.17, 15) is 15.0 Å². The van der Waals surface area contributed by atoms with Crippen LogP contribution in [-0.2, 0) is 0 Å². The Morgan fingerprint density at radius 2 is 1.79 bits per heavy atom. The Kier molecular flexibility index (Phi) is 3.86. The molecule has 2 rings (SSSR count). The summed E-state index contributed by atoms with van der Waals surface area (Å²) in [5.74, 6) is 0.0861. The number of carbonyl (C=O) groups is 1. The summed E-state index contributed by atoms with van der Waals surface area (Å²) in [4.78, 5) is 15.6. The highest BCUT2D eigenvalue weighted by Crippen LogP contribution is 2.24. The van der Waals surface area contributed by atoms with Crippen molar-refractivity contribution in [3.63, 3.8) is 0 Å². The Balaban J connectivity index is 2.05. The normalized spacial score (nSPS) is 9.95. The van der Waals surface area contributed by atoms with Crippen molar-refractivity contribution in [1.82, 2.24) is 4.98 Å². The minimum Gasteiger partial charge on any atom is -0.508 e. The first-order valence-electron chi connectivity index (χ1n) is 5.25. The first-order chi connectivity index (χ1) is 9.02. The van der Waals surface area contributed by atoms with Gasteiger partial charge in [0.25, 0.3) is 0 Å². The van der Waals surface area contributed by atoms with Crippen LogP contribution in [0.25, 0.3) is 0 Å². The fourth-order valence-corrected chi connectivity index (χ4v) is 1.75. The quantitative estimate of drug-likeness (QED) is 0.683. The van der Waals surface area contributed by atoms with Crippen molar-refractivity contribution >= 4 is 33.5 Å². The van der Waals surface area contributed by atoms with Crippen molar-refractivity contribution in [3.8, 4) is 11.5 Å². The van der Waals surface area contributed by atoms with Gasteiger partial charge in [-0.1, -0.05) is 15.9 Å². The average Bonchev–Trinajstić information content (AvgIpc) is 2.26. The lowest BCUT2D eigenvalue weighted by molar-refractivity contribution is 0.262. The molecule has 0 spiro atoms. The second-order valence-electron chi connectivity index (χ2n) is 3.68. The molecule has 0 radical (unpaired) electrons. The van der Waals surface area contributed by atoms with E-state index in [0.717, 1.165) is 4.47 Å². The van der Waals surface area contributed by atoms with Gasteiger partial charge in [0.1, 0.15) is 17.3 Å². The van der Waals surface area contributed by atoms with Crippen molar-refractivity contribution in [2.45, 2.75) is 0 Å². The fraction of sp³-hybridized carbons (Fsp3) is 0. The number of carbonyl (C=O) groups excluding carboxylic acids is 1. The molecule has 0 aliphatic carbocycles. The van der Waals surface area contributed by atoms with E-state index in [1.54, 1.807) is 18.3 Å². The summed E-state index contributed by atoms with van der Waals surface area (Å²) in [5.41, 5.74) is 0.269. The number of urea groups is 1.